The van der Waals surface area contributed by atoms with Crippen molar-refractivity contribution in [1.29, 1.82) is 0 Å². The van der Waals surface area contributed by atoms with Gasteiger partial charge in [-0.05, 0) is 31.6 Å². The second-order valence-electron chi connectivity index (χ2n) is 5.57. The Morgan fingerprint density at radius 3 is 2.55 bits per heavy atom. The molecule has 0 aliphatic carbocycles. The van der Waals surface area contributed by atoms with E-state index in [4.69, 9.17) is 0 Å². The van der Waals surface area contributed by atoms with E-state index in [-0.39, 0.29) is 0 Å². The number of hydrogen-bond acceptors (Lipinski definition) is 6. The molecular weight excluding hydrogens is 270 g/mol. The van der Waals surface area contributed by atoms with Crippen LogP contribution in [0.2, 0.25) is 0 Å². The molecule has 1 fully saturated rings. The SMILES string of the molecule is CNc1nc(SCCC(C)C)nc(N2CCCCC2)n1. The molecule has 0 atom stereocenters. The third-order valence-corrected chi connectivity index (χ3v) is 4.27. The second kappa shape index (κ2) is 7.67. The van der Waals surface area contributed by atoms with Crippen molar-refractivity contribution in [1.82, 2.24) is 15.0 Å². The molecule has 5 nitrogen and oxygen atoms in total. The molecule has 1 saturated heterocycles. The Labute approximate surface area is 126 Å². The highest BCUT2D eigenvalue weighted by Gasteiger charge is 2.16. The van der Waals surface area contributed by atoms with Crippen molar-refractivity contribution in [3.63, 3.8) is 0 Å². The molecule has 112 valence electrons. The average molecular weight is 295 g/mol. The fourth-order valence-electron chi connectivity index (χ4n) is 2.14. The number of nitrogens with zero attached hydrogens (tertiary/aromatic N) is 4. The Balaban J connectivity index is 2.06. The van der Waals surface area contributed by atoms with E-state index >= 15 is 0 Å². The largest absolute Gasteiger partial charge is 0.357 e. The summed E-state index contributed by atoms with van der Waals surface area (Å²) < 4.78 is 0. The van der Waals surface area contributed by atoms with Crippen LogP contribution in [-0.4, -0.2) is 40.8 Å². The molecule has 6 heteroatoms. The van der Waals surface area contributed by atoms with Crippen molar-refractivity contribution in [2.45, 2.75) is 44.7 Å². The van der Waals surface area contributed by atoms with Crippen LogP contribution in [0.1, 0.15) is 39.5 Å². The van der Waals surface area contributed by atoms with E-state index in [0.717, 1.165) is 35.9 Å². The first-order chi connectivity index (χ1) is 9.69. The highest BCUT2D eigenvalue weighted by molar-refractivity contribution is 7.99. The molecule has 0 radical (unpaired) electrons. The van der Waals surface area contributed by atoms with Crippen LogP contribution in [0.3, 0.4) is 0 Å². The molecule has 0 unspecified atom stereocenters. The maximum absolute atomic E-state index is 4.63. The molecule has 1 aromatic heterocycles. The molecule has 1 N–H and O–H groups in total. The zero-order valence-corrected chi connectivity index (χ0v) is 13.5. The predicted molar refractivity (Wildman–Crippen MR) is 85.6 cm³/mol. The highest BCUT2D eigenvalue weighted by atomic mass is 32.2. The van der Waals surface area contributed by atoms with Gasteiger partial charge < -0.3 is 10.2 Å². The summed E-state index contributed by atoms with van der Waals surface area (Å²) in [5.41, 5.74) is 0. The fourth-order valence-corrected chi connectivity index (χ4v) is 3.21. The molecule has 1 aromatic rings. The zero-order chi connectivity index (χ0) is 14.4. The minimum Gasteiger partial charge on any atom is -0.357 e. The van der Waals surface area contributed by atoms with Gasteiger partial charge in [0.05, 0.1) is 0 Å². The number of hydrogen-bond donors (Lipinski definition) is 1. The predicted octanol–water partition coefficient (Wildman–Crippen LogP) is 3.04. The van der Waals surface area contributed by atoms with Crippen LogP contribution < -0.4 is 10.2 Å². The standard InChI is InChI=1S/C14H25N5S/c1-11(2)7-10-20-14-17-12(15-3)16-13(18-14)19-8-5-4-6-9-19/h11H,4-10H2,1-3H3,(H,15,16,17,18). The van der Waals surface area contributed by atoms with Gasteiger partial charge in [-0.2, -0.15) is 15.0 Å². The Bertz CT molecular complexity index is 418. The Morgan fingerprint density at radius 1 is 1.15 bits per heavy atom. The lowest BCUT2D eigenvalue weighted by molar-refractivity contribution is 0.565. The van der Waals surface area contributed by atoms with E-state index in [1.165, 1.54) is 25.7 Å². The third kappa shape index (κ3) is 4.51. The number of aromatic nitrogens is 3. The monoisotopic (exact) mass is 295 g/mol. The normalized spacial score (nSPS) is 15.7. The van der Waals surface area contributed by atoms with Crippen molar-refractivity contribution in [3.05, 3.63) is 0 Å². The maximum atomic E-state index is 4.63. The minimum atomic E-state index is 0.674. The summed E-state index contributed by atoms with van der Waals surface area (Å²) in [7, 11) is 1.86. The van der Waals surface area contributed by atoms with Gasteiger partial charge in [0.1, 0.15) is 0 Å². The van der Waals surface area contributed by atoms with Crippen LogP contribution in [0.15, 0.2) is 5.16 Å². The lowest BCUT2D eigenvalue weighted by atomic mass is 10.1. The van der Waals surface area contributed by atoms with E-state index in [1.807, 2.05) is 7.05 Å². The summed E-state index contributed by atoms with van der Waals surface area (Å²) in [6, 6.07) is 0. The molecule has 0 saturated carbocycles. The summed E-state index contributed by atoms with van der Waals surface area (Å²) in [4.78, 5) is 15.8. The van der Waals surface area contributed by atoms with Gasteiger partial charge in [-0.15, -0.1) is 0 Å². The van der Waals surface area contributed by atoms with E-state index in [1.54, 1.807) is 11.8 Å². The Morgan fingerprint density at radius 2 is 1.90 bits per heavy atom. The Kier molecular flexibility index (Phi) is 5.88. The summed E-state index contributed by atoms with van der Waals surface area (Å²) in [6.45, 7) is 6.60. The van der Waals surface area contributed by atoms with Crippen molar-refractivity contribution in [2.75, 3.05) is 36.1 Å². The van der Waals surface area contributed by atoms with Gasteiger partial charge in [0.25, 0.3) is 0 Å². The van der Waals surface area contributed by atoms with E-state index in [0.29, 0.717) is 5.95 Å². The molecule has 2 rings (SSSR count). The minimum absolute atomic E-state index is 0.674. The van der Waals surface area contributed by atoms with E-state index in [9.17, 15) is 0 Å². The number of rotatable bonds is 6. The number of anilines is 2. The van der Waals surface area contributed by atoms with Crippen molar-refractivity contribution < 1.29 is 0 Å². The number of nitrogens with one attached hydrogen (secondary N) is 1. The van der Waals surface area contributed by atoms with Crippen molar-refractivity contribution in [3.8, 4) is 0 Å². The maximum Gasteiger partial charge on any atom is 0.231 e. The van der Waals surface area contributed by atoms with Gasteiger partial charge in [-0.3, -0.25) is 0 Å². The summed E-state index contributed by atoms with van der Waals surface area (Å²) in [6.07, 6.45) is 4.97. The topological polar surface area (TPSA) is 53.9 Å². The van der Waals surface area contributed by atoms with Crippen molar-refractivity contribution >= 4 is 23.7 Å². The van der Waals surface area contributed by atoms with E-state index in [2.05, 4.69) is 39.0 Å². The van der Waals surface area contributed by atoms with Gasteiger partial charge >= 0.3 is 0 Å². The molecule has 20 heavy (non-hydrogen) atoms. The molecule has 1 aliphatic rings. The van der Waals surface area contributed by atoms with Gasteiger partial charge in [0.15, 0.2) is 5.16 Å². The lowest BCUT2D eigenvalue weighted by Gasteiger charge is -2.26. The van der Waals surface area contributed by atoms with Crippen LogP contribution in [0.25, 0.3) is 0 Å². The highest BCUT2D eigenvalue weighted by Crippen LogP contribution is 2.22. The van der Waals surface area contributed by atoms with Gasteiger partial charge in [0, 0.05) is 25.9 Å². The number of thioether (sulfide) groups is 1. The molecular formula is C14H25N5S. The van der Waals surface area contributed by atoms with Gasteiger partial charge in [-0.1, -0.05) is 25.6 Å². The molecule has 0 bridgehead atoms. The molecule has 0 amide bonds. The molecule has 1 aliphatic heterocycles. The first kappa shape index (κ1) is 15.4. The average Bonchev–Trinajstić information content (AvgIpc) is 2.47. The van der Waals surface area contributed by atoms with Crippen molar-refractivity contribution in [2.24, 2.45) is 5.92 Å². The smallest absolute Gasteiger partial charge is 0.231 e. The molecule has 0 spiro atoms. The summed E-state index contributed by atoms with van der Waals surface area (Å²) in [5.74, 6) is 3.28. The first-order valence-corrected chi connectivity index (χ1v) is 8.49. The van der Waals surface area contributed by atoms with Crippen LogP contribution in [-0.2, 0) is 0 Å². The van der Waals surface area contributed by atoms with Gasteiger partial charge in [-0.25, -0.2) is 0 Å². The van der Waals surface area contributed by atoms with Crippen LogP contribution in [0.4, 0.5) is 11.9 Å². The molecule has 2 heterocycles. The third-order valence-electron chi connectivity index (χ3n) is 3.39. The van der Waals surface area contributed by atoms with Crippen LogP contribution in [0, 0.1) is 5.92 Å². The number of piperidine rings is 1. The second-order valence-corrected chi connectivity index (χ2v) is 6.63. The quantitative estimate of drug-likeness (QED) is 0.814. The van der Waals surface area contributed by atoms with E-state index < -0.39 is 0 Å². The fraction of sp³-hybridized carbons (Fsp3) is 0.786. The van der Waals surface area contributed by atoms with Crippen LogP contribution in [0.5, 0.6) is 0 Å². The van der Waals surface area contributed by atoms with Gasteiger partial charge in [0.2, 0.25) is 11.9 Å². The first-order valence-electron chi connectivity index (χ1n) is 7.50. The zero-order valence-electron chi connectivity index (χ0n) is 12.7. The molecule has 0 aromatic carbocycles. The lowest BCUT2D eigenvalue weighted by Crippen LogP contribution is -2.31. The Hall–Kier alpha value is -1.04. The summed E-state index contributed by atoms with van der Waals surface area (Å²) >= 11 is 1.73. The summed E-state index contributed by atoms with van der Waals surface area (Å²) in [5, 5.41) is 3.88. The van der Waals surface area contributed by atoms with Crippen LogP contribution >= 0.6 is 11.8 Å².